The minimum absolute atomic E-state index is 0.0614. The van der Waals surface area contributed by atoms with E-state index >= 15 is 0 Å². The predicted molar refractivity (Wildman–Crippen MR) is 123 cm³/mol. The number of unbranched alkanes of at least 4 members (excludes halogenated alkanes) is 9. The summed E-state index contributed by atoms with van der Waals surface area (Å²) in [5.41, 5.74) is 1.85. The summed E-state index contributed by atoms with van der Waals surface area (Å²) in [6.45, 7) is 2.23. The van der Waals surface area contributed by atoms with E-state index in [4.69, 9.17) is 5.11 Å². The van der Waals surface area contributed by atoms with Gasteiger partial charge in [-0.25, -0.2) is 4.79 Å². The monoisotopic (exact) mass is 438 g/mol. The fraction of sp³-hybridized carbons (Fsp3) is 0.667. The second-order valence-electron chi connectivity index (χ2n) is 7.85. The molecule has 0 aliphatic rings. The number of hydrogen-bond acceptors (Lipinski definition) is 4. The lowest BCUT2D eigenvalue weighted by Gasteiger charge is -2.22. The largest absolute Gasteiger partial charge is 0.481 e. The van der Waals surface area contributed by atoms with Crippen molar-refractivity contribution in [1.29, 1.82) is 0 Å². The number of hydrogen-bond donors (Lipinski definition) is 3. The Labute approximate surface area is 185 Å². The first-order valence-corrected chi connectivity index (χ1v) is 12.3. The van der Waals surface area contributed by atoms with E-state index in [-0.39, 0.29) is 12.2 Å². The first-order chi connectivity index (χ1) is 14.5. The maximum absolute atomic E-state index is 11.4. The molecule has 5 nitrogen and oxygen atoms in total. The molecule has 0 spiro atoms. The van der Waals surface area contributed by atoms with Gasteiger partial charge in [-0.15, -0.1) is 11.8 Å². The molecule has 0 unspecified atom stereocenters. The number of carboxylic acid groups (broad SMARTS) is 2. The van der Waals surface area contributed by atoms with Gasteiger partial charge in [0.25, 0.3) is 0 Å². The molecule has 0 saturated heterocycles. The third kappa shape index (κ3) is 11.0. The Hall–Kier alpha value is -1.53. The number of carboxylic acids is 2. The minimum atomic E-state index is -1.56. The highest BCUT2D eigenvalue weighted by molar-refractivity contribution is 7.99. The average Bonchev–Trinajstić information content (AvgIpc) is 2.72. The number of thioether (sulfide) groups is 1. The van der Waals surface area contributed by atoms with E-state index in [2.05, 4.69) is 6.92 Å². The molecule has 3 N–H and O–H groups in total. The van der Waals surface area contributed by atoms with Gasteiger partial charge in [0.15, 0.2) is 6.10 Å². The molecule has 0 saturated carbocycles. The maximum Gasteiger partial charge on any atom is 0.334 e. The van der Waals surface area contributed by atoms with Crippen LogP contribution in [0.4, 0.5) is 0 Å². The highest BCUT2D eigenvalue weighted by Gasteiger charge is 2.29. The molecule has 30 heavy (non-hydrogen) atoms. The van der Waals surface area contributed by atoms with Crippen molar-refractivity contribution in [1.82, 2.24) is 0 Å². The normalized spacial score (nSPS) is 13.1. The van der Waals surface area contributed by atoms with Crippen LogP contribution in [-0.4, -0.2) is 39.1 Å². The van der Waals surface area contributed by atoms with Crippen LogP contribution in [0, 0.1) is 0 Å². The van der Waals surface area contributed by atoms with Crippen molar-refractivity contribution in [2.45, 2.75) is 95.3 Å². The summed E-state index contributed by atoms with van der Waals surface area (Å²) in [5.74, 6) is -1.95. The van der Waals surface area contributed by atoms with Crippen molar-refractivity contribution in [3.63, 3.8) is 0 Å². The second-order valence-corrected chi connectivity index (χ2v) is 9.10. The quantitative estimate of drug-likeness (QED) is 0.249. The van der Waals surface area contributed by atoms with Gasteiger partial charge < -0.3 is 15.3 Å². The molecule has 0 heterocycles. The smallest absolute Gasteiger partial charge is 0.334 e. The summed E-state index contributed by atoms with van der Waals surface area (Å²) in [7, 11) is 0. The van der Waals surface area contributed by atoms with E-state index in [9.17, 15) is 19.8 Å². The summed E-state index contributed by atoms with van der Waals surface area (Å²) in [4.78, 5) is 22.2. The second kappa shape index (κ2) is 16.2. The summed E-state index contributed by atoms with van der Waals surface area (Å²) >= 11 is 1.20. The van der Waals surface area contributed by atoms with Crippen LogP contribution < -0.4 is 0 Å². The molecular weight excluding hydrogens is 400 g/mol. The number of aliphatic carboxylic acids is 2. The lowest BCUT2D eigenvalue weighted by molar-refractivity contribution is -0.146. The maximum atomic E-state index is 11.4. The van der Waals surface area contributed by atoms with Gasteiger partial charge >= 0.3 is 11.9 Å². The van der Waals surface area contributed by atoms with Gasteiger partial charge in [-0.2, -0.15) is 0 Å². The number of aryl methyl sites for hydroxylation is 1. The molecule has 0 amide bonds. The van der Waals surface area contributed by atoms with Crippen LogP contribution in [-0.2, 0) is 16.0 Å². The minimum Gasteiger partial charge on any atom is -0.481 e. The van der Waals surface area contributed by atoms with E-state index in [1.54, 1.807) is 0 Å². The van der Waals surface area contributed by atoms with Gasteiger partial charge in [0.2, 0.25) is 0 Å². The number of aliphatic hydroxyl groups is 1. The molecule has 170 valence electrons. The Morgan fingerprint density at radius 1 is 0.900 bits per heavy atom. The zero-order chi connectivity index (χ0) is 22.2. The van der Waals surface area contributed by atoms with Crippen molar-refractivity contribution in [2.24, 2.45) is 0 Å². The Morgan fingerprint density at radius 3 is 2.03 bits per heavy atom. The highest BCUT2D eigenvalue weighted by atomic mass is 32.2. The van der Waals surface area contributed by atoms with E-state index in [1.807, 2.05) is 24.3 Å². The van der Waals surface area contributed by atoms with Crippen LogP contribution in [0.3, 0.4) is 0 Å². The van der Waals surface area contributed by atoms with Crippen LogP contribution in [0.15, 0.2) is 24.3 Å². The summed E-state index contributed by atoms with van der Waals surface area (Å²) in [5, 5.41) is 27.7. The third-order valence-electron chi connectivity index (χ3n) is 5.31. The molecule has 0 aliphatic heterocycles. The number of benzene rings is 1. The fourth-order valence-electron chi connectivity index (χ4n) is 3.60. The van der Waals surface area contributed by atoms with Crippen molar-refractivity contribution in [3.8, 4) is 0 Å². The van der Waals surface area contributed by atoms with Crippen LogP contribution in [0.25, 0.3) is 0 Å². The number of aliphatic hydroxyl groups excluding tert-OH is 1. The van der Waals surface area contributed by atoms with E-state index in [0.29, 0.717) is 0 Å². The Balaban J connectivity index is 2.53. The van der Waals surface area contributed by atoms with E-state index < -0.39 is 23.3 Å². The van der Waals surface area contributed by atoms with Crippen molar-refractivity contribution in [2.75, 3.05) is 5.75 Å². The van der Waals surface area contributed by atoms with Gasteiger partial charge in [0.1, 0.15) is 0 Å². The Morgan fingerprint density at radius 2 is 1.47 bits per heavy atom. The van der Waals surface area contributed by atoms with Gasteiger partial charge in [0, 0.05) is 5.75 Å². The molecular formula is C24H38O5S. The van der Waals surface area contributed by atoms with Gasteiger partial charge in [-0.3, -0.25) is 4.79 Å². The average molecular weight is 439 g/mol. The highest BCUT2D eigenvalue weighted by Crippen LogP contribution is 2.35. The zero-order valence-corrected chi connectivity index (χ0v) is 19.0. The van der Waals surface area contributed by atoms with Crippen molar-refractivity contribution >= 4 is 23.7 Å². The Bertz CT molecular complexity index is 619. The van der Waals surface area contributed by atoms with Crippen molar-refractivity contribution in [3.05, 3.63) is 35.4 Å². The van der Waals surface area contributed by atoms with Crippen LogP contribution >= 0.6 is 11.8 Å². The molecule has 1 rings (SSSR count). The first-order valence-electron chi connectivity index (χ1n) is 11.3. The summed E-state index contributed by atoms with van der Waals surface area (Å²) in [6.07, 6.45) is 11.8. The molecule has 0 fully saturated rings. The fourth-order valence-corrected chi connectivity index (χ4v) is 4.85. The first kappa shape index (κ1) is 26.5. The molecule has 2 atom stereocenters. The molecule has 0 radical (unpaired) electrons. The summed E-state index contributed by atoms with van der Waals surface area (Å²) < 4.78 is 0. The van der Waals surface area contributed by atoms with Gasteiger partial charge in [-0.05, 0) is 24.0 Å². The molecule has 0 aromatic heterocycles. The van der Waals surface area contributed by atoms with Crippen molar-refractivity contribution < 1.29 is 24.9 Å². The zero-order valence-electron chi connectivity index (χ0n) is 18.2. The van der Waals surface area contributed by atoms with E-state index in [0.717, 1.165) is 30.4 Å². The van der Waals surface area contributed by atoms with Gasteiger partial charge in [0.05, 0.1) is 11.7 Å². The molecule has 0 bridgehead atoms. The number of carbonyl (C=O) groups is 2. The topological polar surface area (TPSA) is 94.8 Å². The molecule has 1 aromatic carbocycles. The van der Waals surface area contributed by atoms with Gasteiger partial charge in [-0.1, -0.05) is 89.0 Å². The predicted octanol–water partition coefficient (Wildman–Crippen LogP) is 5.84. The lowest BCUT2D eigenvalue weighted by Crippen LogP contribution is -2.27. The lowest BCUT2D eigenvalue weighted by atomic mass is 9.96. The van der Waals surface area contributed by atoms with Crippen LogP contribution in [0.1, 0.15) is 93.9 Å². The molecule has 1 aromatic rings. The summed E-state index contributed by atoms with van der Waals surface area (Å²) in [6, 6.07) is 7.62. The Kier molecular flexibility index (Phi) is 14.3. The van der Waals surface area contributed by atoms with Crippen LogP contribution in [0.2, 0.25) is 0 Å². The third-order valence-corrected chi connectivity index (χ3v) is 6.63. The SMILES string of the molecule is CCCCCCCCCCCCc1ccccc1[C@H](SCCC(=O)O)[C@H](O)C(=O)O. The number of rotatable bonds is 18. The molecule has 6 heteroatoms. The molecule has 0 aliphatic carbocycles. The standard InChI is InChI=1S/C24H38O5S/c1-2-3-4-5-6-7-8-9-10-11-14-19-15-12-13-16-20(19)23(22(27)24(28)29)30-18-17-21(25)26/h12-13,15-16,22-23,27H,2-11,14,17-18H2,1H3,(H,25,26)(H,28,29)/t22-,23-/m0/s1. The van der Waals surface area contributed by atoms with E-state index in [1.165, 1.54) is 63.1 Å². The van der Waals surface area contributed by atoms with Crippen LogP contribution in [0.5, 0.6) is 0 Å².